The van der Waals surface area contributed by atoms with Gasteiger partial charge >= 0.3 is 5.69 Å². The zero-order valence-corrected chi connectivity index (χ0v) is 9.19. The molecule has 16 heavy (non-hydrogen) atoms. The second kappa shape index (κ2) is 5.22. The normalized spacial score (nSPS) is 24.8. The first kappa shape index (κ1) is 12.9. The van der Waals surface area contributed by atoms with Gasteiger partial charge < -0.3 is 5.32 Å². The van der Waals surface area contributed by atoms with Gasteiger partial charge in [-0.25, -0.2) is 4.39 Å². The van der Waals surface area contributed by atoms with Crippen LogP contribution in [0.3, 0.4) is 0 Å². The SMILES string of the molecule is Cl.O=[N+]([O-])c1cnn([C@@H]2CCNC[C@H]2F)c1. The van der Waals surface area contributed by atoms with Crippen molar-refractivity contribution in [2.24, 2.45) is 0 Å². The Morgan fingerprint density at radius 1 is 1.69 bits per heavy atom. The van der Waals surface area contributed by atoms with Crippen LogP contribution in [0, 0.1) is 10.1 Å². The third-order valence-electron chi connectivity index (χ3n) is 2.51. The van der Waals surface area contributed by atoms with Gasteiger partial charge in [-0.2, -0.15) is 5.10 Å². The molecule has 2 atom stereocenters. The molecular formula is C8H12ClFN4O2. The highest BCUT2D eigenvalue weighted by Crippen LogP contribution is 2.22. The molecule has 0 bridgehead atoms. The number of nitro groups is 1. The first-order chi connectivity index (χ1) is 7.18. The lowest BCUT2D eigenvalue weighted by Crippen LogP contribution is -2.39. The van der Waals surface area contributed by atoms with Gasteiger partial charge in [-0.05, 0) is 13.0 Å². The van der Waals surface area contributed by atoms with Gasteiger partial charge in [0.15, 0.2) is 0 Å². The summed E-state index contributed by atoms with van der Waals surface area (Å²) in [5.74, 6) is 0. The number of piperidine rings is 1. The number of rotatable bonds is 2. The van der Waals surface area contributed by atoms with Crippen LogP contribution in [-0.4, -0.2) is 34.0 Å². The highest BCUT2D eigenvalue weighted by atomic mass is 35.5. The molecule has 1 fully saturated rings. The van der Waals surface area contributed by atoms with E-state index in [-0.39, 0.29) is 30.7 Å². The molecule has 1 N–H and O–H groups in total. The highest BCUT2D eigenvalue weighted by Gasteiger charge is 2.27. The molecule has 8 heteroatoms. The predicted molar refractivity (Wildman–Crippen MR) is 57.5 cm³/mol. The van der Waals surface area contributed by atoms with Gasteiger partial charge in [-0.15, -0.1) is 12.4 Å². The number of hydrogen-bond donors (Lipinski definition) is 1. The fourth-order valence-electron chi connectivity index (χ4n) is 1.71. The summed E-state index contributed by atoms with van der Waals surface area (Å²) in [7, 11) is 0. The van der Waals surface area contributed by atoms with Crippen LogP contribution in [0.4, 0.5) is 10.1 Å². The lowest BCUT2D eigenvalue weighted by atomic mass is 10.1. The van der Waals surface area contributed by atoms with Gasteiger partial charge in [-0.3, -0.25) is 14.8 Å². The quantitative estimate of drug-likeness (QED) is 0.630. The molecule has 1 aliphatic heterocycles. The second-order valence-corrected chi connectivity index (χ2v) is 3.51. The van der Waals surface area contributed by atoms with Gasteiger partial charge in [0.1, 0.15) is 18.6 Å². The molecule has 2 heterocycles. The Kier molecular flexibility index (Phi) is 4.19. The minimum Gasteiger partial charge on any atom is -0.314 e. The van der Waals surface area contributed by atoms with E-state index in [1.54, 1.807) is 0 Å². The second-order valence-electron chi connectivity index (χ2n) is 3.51. The van der Waals surface area contributed by atoms with Gasteiger partial charge in [0.2, 0.25) is 0 Å². The monoisotopic (exact) mass is 250 g/mol. The van der Waals surface area contributed by atoms with E-state index in [2.05, 4.69) is 10.4 Å². The molecule has 2 rings (SSSR count). The average Bonchev–Trinajstić information content (AvgIpc) is 2.67. The largest absolute Gasteiger partial charge is 0.314 e. The lowest BCUT2D eigenvalue weighted by Gasteiger charge is -2.26. The molecule has 0 unspecified atom stereocenters. The zero-order chi connectivity index (χ0) is 10.8. The fraction of sp³-hybridized carbons (Fsp3) is 0.625. The number of nitrogens with one attached hydrogen (secondary N) is 1. The Morgan fingerprint density at radius 3 is 3.00 bits per heavy atom. The van der Waals surface area contributed by atoms with Crippen molar-refractivity contribution in [3.8, 4) is 0 Å². The summed E-state index contributed by atoms with van der Waals surface area (Å²) >= 11 is 0. The van der Waals surface area contributed by atoms with Crippen molar-refractivity contribution in [2.75, 3.05) is 13.1 Å². The maximum atomic E-state index is 13.5. The van der Waals surface area contributed by atoms with E-state index in [9.17, 15) is 14.5 Å². The maximum absolute atomic E-state index is 13.5. The van der Waals surface area contributed by atoms with Crippen molar-refractivity contribution >= 4 is 18.1 Å². The van der Waals surface area contributed by atoms with E-state index in [4.69, 9.17) is 0 Å². The fourth-order valence-corrected chi connectivity index (χ4v) is 1.71. The van der Waals surface area contributed by atoms with Gasteiger partial charge in [0, 0.05) is 6.54 Å². The van der Waals surface area contributed by atoms with Crippen molar-refractivity contribution in [1.82, 2.24) is 15.1 Å². The topological polar surface area (TPSA) is 73.0 Å². The van der Waals surface area contributed by atoms with Crippen molar-refractivity contribution in [3.63, 3.8) is 0 Å². The molecule has 0 spiro atoms. The highest BCUT2D eigenvalue weighted by molar-refractivity contribution is 5.85. The number of nitrogens with zero attached hydrogens (tertiary/aromatic N) is 3. The van der Waals surface area contributed by atoms with Crippen molar-refractivity contribution in [1.29, 1.82) is 0 Å². The molecule has 0 saturated carbocycles. The Morgan fingerprint density at radius 2 is 2.44 bits per heavy atom. The maximum Gasteiger partial charge on any atom is 0.307 e. The van der Waals surface area contributed by atoms with Crippen molar-refractivity contribution in [2.45, 2.75) is 18.6 Å². The smallest absolute Gasteiger partial charge is 0.307 e. The summed E-state index contributed by atoms with van der Waals surface area (Å²) in [5.41, 5.74) is -0.0965. The minimum atomic E-state index is -1.04. The van der Waals surface area contributed by atoms with Crippen molar-refractivity contribution < 1.29 is 9.31 Å². The molecule has 1 aromatic heterocycles. The molecule has 0 radical (unpaired) electrons. The van der Waals surface area contributed by atoms with Crippen LogP contribution >= 0.6 is 12.4 Å². The number of alkyl halides is 1. The van der Waals surface area contributed by atoms with Crippen LogP contribution in [0.5, 0.6) is 0 Å². The van der Waals surface area contributed by atoms with E-state index in [1.165, 1.54) is 10.9 Å². The Bertz CT molecular complexity index is 373. The lowest BCUT2D eigenvalue weighted by molar-refractivity contribution is -0.385. The summed E-state index contributed by atoms with van der Waals surface area (Å²) < 4.78 is 14.8. The summed E-state index contributed by atoms with van der Waals surface area (Å²) in [4.78, 5) is 9.89. The molecule has 6 nitrogen and oxygen atoms in total. The van der Waals surface area contributed by atoms with E-state index in [0.29, 0.717) is 13.0 Å². The average molecular weight is 251 g/mol. The Balaban J connectivity index is 0.00000128. The molecule has 0 aromatic carbocycles. The third-order valence-corrected chi connectivity index (χ3v) is 2.51. The summed E-state index contributed by atoms with van der Waals surface area (Å²) in [6, 6.07) is -0.389. The van der Waals surface area contributed by atoms with E-state index < -0.39 is 11.1 Å². The molecule has 1 aromatic rings. The van der Waals surface area contributed by atoms with E-state index in [0.717, 1.165) is 6.20 Å². The summed E-state index contributed by atoms with van der Waals surface area (Å²) in [5, 5.41) is 17.2. The molecule has 90 valence electrons. The predicted octanol–water partition coefficient (Wildman–Crippen LogP) is 1.09. The summed E-state index contributed by atoms with van der Waals surface area (Å²) in [6.45, 7) is 0.983. The summed E-state index contributed by atoms with van der Waals surface area (Å²) in [6.07, 6.45) is 1.98. The third kappa shape index (κ3) is 2.48. The van der Waals surface area contributed by atoms with Crippen LogP contribution in [0.1, 0.15) is 12.5 Å². The van der Waals surface area contributed by atoms with Gasteiger partial charge in [-0.1, -0.05) is 0 Å². The van der Waals surface area contributed by atoms with E-state index >= 15 is 0 Å². The standard InChI is InChI=1S/C8H11FN4O2.ClH/c9-7-4-10-2-1-8(7)12-5-6(3-11-12)13(14)15;/h3,5,7-8,10H,1-2,4H2;1H/t7-,8-;/m1./s1. The van der Waals surface area contributed by atoms with Crippen LogP contribution in [0.2, 0.25) is 0 Å². The van der Waals surface area contributed by atoms with Crippen LogP contribution in [-0.2, 0) is 0 Å². The van der Waals surface area contributed by atoms with Crippen molar-refractivity contribution in [3.05, 3.63) is 22.5 Å². The molecule has 1 saturated heterocycles. The molecule has 0 amide bonds. The van der Waals surface area contributed by atoms with Gasteiger partial charge in [0.05, 0.1) is 11.0 Å². The number of hydrogen-bond acceptors (Lipinski definition) is 4. The number of halogens is 2. The zero-order valence-electron chi connectivity index (χ0n) is 8.38. The minimum absolute atomic E-state index is 0. The molecule has 1 aliphatic rings. The van der Waals surface area contributed by atoms with Gasteiger partial charge in [0.25, 0.3) is 0 Å². The van der Waals surface area contributed by atoms with Crippen LogP contribution in [0.25, 0.3) is 0 Å². The Hall–Kier alpha value is -1.21. The van der Waals surface area contributed by atoms with Crippen LogP contribution in [0.15, 0.2) is 12.4 Å². The first-order valence-corrected chi connectivity index (χ1v) is 4.72. The Labute approximate surface area is 97.4 Å². The van der Waals surface area contributed by atoms with E-state index in [1.807, 2.05) is 0 Å². The first-order valence-electron chi connectivity index (χ1n) is 4.72. The number of aromatic nitrogens is 2. The molecular weight excluding hydrogens is 239 g/mol. The van der Waals surface area contributed by atoms with Crippen LogP contribution < -0.4 is 5.32 Å². The molecule has 0 aliphatic carbocycles.